The topological polar surface area (TPSA) is 21.3 Å². The molecule has 0 fully saturated rings. The van der Waals surface area contributed by atoms with Crippen LogP contribution in [0.4, 0.5) is 5.69 Å². The zero-order valence-electron chi connectivity index (χ0n) is 13.3. The molecule has 0 spiro atoms. The van der Waals surface area contributed by atoms with Crippen molar-refractivity contribution in [3.05, 3.63) is 69.7 Å². The maximum Gasteiger partial charge on any atom is 0.142 e. The molecule has 23 heavy (non-hydrogen) atoms. The van der Waals surface area contributed by atoms with Gasteiger partial charge in [0.2, 0.25) is 0 Å². The monoisotopic (exact) mass is 369 g/mol. The molecule has 2 aliphatic rings. The van der Waals surface area contributed by atoms with E-state index in [9.17, 15) is 0 Å². The summed E-state index contributed by atoms with van der Waals surface area (Å²) >= 11 is 3.53. The van der Waals surface area contributed by atoms with Gasteiger partial charge < -0.3 is 10.1 Å². The van der Waals surface area contributed by atoms with Crippen molar-refractivity contribution in [2.24, 2.45) is 5.92 Å². The van der Waals surface area contributed by atoms with E-state index in [2.05, 4.69) is 76.7 Å². The first-order chi connectivity index (χ1) is 11.2. The van der Waals surface area contributed by atoms with E-state index in [4.69, 9.17) is 4.74 Å². The number of hydrogen-bond donors (Lipinski definition) is 1. The van der Waals surface area contributed by atoms with Crippen molar-refractivity contribution in [3.8, 4) is 5.75 Å². The summed E-state index contributed by atoms with van der Waals surface area (Å²) in [6.45, 7) is 2.20. The number of fused-ring (bicyclic) bond motifs is 3. The number of rotatable bonds is 2. The molecule has 0 amide bonds. The number of methoxy groups -OCH3 is 1. The Morgan fingerprint density at radius 3 is 2.65 bits per heavy atom. The summed E-state index contributed by atoms with van der Waals surface area (Å²) in [6, 6.07) is 13.2. The first-order valence-electron chi connectivity index (χ1n) is 8.05. The Hall–Kier alpha value is -1.74. The first kappa shape index (κ1) is 14.8. The molecule has 2 aromatic carbocycles. The minimum absolute atomic E-state index is 0.311. The van der Waals surface area contributed by atoms with Crippen LogP contribution in [0.1, 0.15) is 35.1 Å². The summed E-state index contributed by atoms with van der Waals surface area (Å²) in [6.07, 6.45) is 5.83. The third-order valence-electron chi connectivity index (χ3n) is 5.15. The smallest absolute Gasteiger partial charge is 0.142 e. The molecular weight excluding hydrogens is 350 g/mol. The van der Waals surface area contributed by atoms with Crippen molar-refractivity contribution in [1.82, 2.24) is 0 Å². The molecule has 1 aliphatic carbocycles. The zero-order chi connectivity index (χ0) is 16.0. The van der Waals surface area contributed by atoms with Crippen LogP contribution in [0.15, 0.2) is 53.0 Å². The molecule has 0 saturated carbocycles. The Balaban J connectivity index is 1.84. The summed E-state index contributed by atoms with van der Waals surface area (Å²) in [5.74, 6) is 1.97. The highest BCUT2D eigenvalue weighted by atomic mass is 79.9. The van der Waals surface area contributed by atoms with Gasteiger partial charge in [0.25, 0.3) is 0 Å². The highest BCUT2D eigenvalue weighted by Gasteiger charge is 2.39. The standard InChI is InChI=1S/C20H20BrNO/c1-12-6-11-17(23-2)20-18(12)15-4-3-5-16(15)19(22-20)13-7-9-14(21)10-8-13/h3-4,6-11,15-16,19,22H,5H2,1-2H3. The van der Waals surface area contributed by atoms with E-state index in [1.165, 1.54) is 16.7 Å². The van der Waals surface area contributed by atoms with Crippen molar-refractivity contribution >= 4 is 21.6 Å². The molecule has 1 aliphatic heterocycles. The van der Waals surface area contributed by atoms with Crippen LogP contribution < -0.4 is 10.1 Å². The van der Waals surface area contributed by atoms with Crippen LogP contribution in [-0.4, -0.2) is 7.11 Å². The summed E-state index contributed by atoms with van der Waals surface area (Å²) in [7, 11) is 1.75. The normalized spacial score (nSPS) is 24.7. The van der Waals surface area contributed by atoms with E-state index >= 15 is 0 Å². The maximum absolute atomic E-state index is 5.63. The Labute approximate surface area is 145 Å². The molecule has 0 saturated heterocycles. The molecule has 3 unspecified atom stereocenters. The first-order valence-corrected chi connectivity index (χ1v) is 8.84. The van der Waals surface area contributed by atoms with E-state index in [1.807, 2.05) is 0 Å². The molecule has 3 atom stereocenters. The Morgan fingerprint density at radius 1 is 1.13 bits per heavy atom. The van der Waals surface area contributed by atoms with Crippen LogP contribution >= 0.6 is 15.9 Å². The van der Waals surface area contributed by atoms with Gasteiger partial charge in [-0.2, -0.15) is 0 Å². The molecule has 4 rings (SSSR count). The van der Waals surface area contributed by atoms with Gasteiger partial charge >= 0.3 is 0 Å². The maximum atomic E-state index is 5.63. The fourth-order valence-corrected chi connectivity index (χ4v) is 4.31. The van der Waals surface area contributed by atoms with Crippen LogP contribution in [0.3, 0.4) is 0 Å². The van der Waals surface area contributed by atoms with Crippen LogP contribution in [0, 0.1) is 12.8 Å². The molecule has 1 heterocycles. The average Bonchev–Trinajstić information content (AvgIpc) is 3.04. The average molecular weight is 370 g/mol. The lowest BCUT2D eigenvalue weighted by Crippen LogP contribution is -2.30. The quantitative estimate of drug-likeness (QED) is 0.696. The Kier molecular flexibility index (Phi) is 3.68. The van der Waals surface area contributed by atoms with Gasteiger partial charge in [-0.05, 0) is 54.2 Å². The fraction of sp³-hybridized carbons (Fsp3) is 0.300. The second kappa shape index (κ2) is 5.72. The molecular formula is C20H20BrNO. The van der Waals surface area contributed by atoms with E-state index in [0.29, 0.717) is 17.9 Å². The molecule has 0 bridgehead atoms. The predicted octanol–water partition coefficient (Wildman–Crippen LogP) is 5.59. The highest BCUT2D eigenvalue weighted by molar-refractivity contribution is 9.10. The predicted molar refractivity (Wildman–Crippen MR) is 98.2 cm³/mol. The van der Waals surface area contributed by atoms with Crippen molar-refractivity contribution in [3.63, 3.8) is 0 Å². The largest absolute Gasteiger partial charge is 0.495 e. The van der Waals surface area contributed by atoms with Crippen LogP contribution in [-0.2, 0) is 0 Å². The van der Waals surface area contributed by atoms with E-state index < -0.39 is 0 Å². The van der Waals surface area contributed by atoms with Crippen LogP contribution in [0.2, 0.25) is 0 Å². The van der Waals surface area contributed by atoms with Crippen LogP contribution in [0.5, 0.6) is 5.75 Å². The Morgan fingerprint density at radius 2 is 1.91 bits per heavy atom. The van der Waals surface area contributed by atoms with Gasteiger partial charge in [0.05, 0.1) is 18.8 Å². The molecule has 118 valence electrons. The van der Waals surface area contributed by atoms with Crippen molar-refractivity contribution in [2.75, 3.05) is 12.4 Å². The van der Waals surface area contributed by atoms with E-state index in [-0.39, 0.29) is 0 Å². The van der Waals surface area contributed by atoms with Gasteiger partial charge in [0, 0.05) is 10.4 Å². The number of anilines is 1. The minimum atomic E-state index is 0.311. The number of allylic oxidation sites excluding steroid dienone is 2. The number of halogens is 1. The lowest BCUT2D eigenvalue weighted by Gasteiger charge is -2.39. The minimum Gasteiger partial charge on any atom is -0.495 e. The van der Waals surface area contributed by atoms with Crippen molar-refractivity contribution < 1.29 is 4.74 Å². The number of aryl methyl sites for hydroxylation is 1. The molecule has 2 aromatic rings. The number of ether oxygens (including phenoxy) is 1. The number of hydrogen-bond acceptors (Lipinski definition) is 2. The summed E-state index contributed by atoms with van der Waals surface area (Å²) in [4.78, 5) is 0. The third-order valence-corrected chi connectivity index (χ3v) is 5.68. The SMILES string of the molecule is COc1ccc(C)c2c1NC(c1ccc(Br)cc1)C1CC=CC21. The highest BCUT2D eigenvalue weighted by Crippen LogP contribution is 2.53. The summed E-state index contributed by atoms with van der Waals surface area (Å²) < 4.78 is 6.74. The van der Waals surface area contributed by atoms with Crippen LogP contribution in [0.25, 0.3) is 0 Å². The van der Waals surface area contributed by atoms with Crippen molar-refractivity contribution in [2.45, 2.75) is 25.3 Å². The number of benzene rings is 2. The lowest BCUT2D eigenvalue weighted by molar-refractivity contribution is 0.396. The molecule has 3 heteroatoms. The van der Waals surface area contributed by atoms with Gasteiger partial charge in [-0.15, -0.1) is 0 Å². The molecule has 0 aromatic heterocycles. The summed E-state index contributed by atoms with van der Waals surface area (Å²) in [5.41, 5.74) is 5.23. The number of nitrogens with one attached hydrogen (secondary N) is 1. The molecule has 0 radical (unpaired) electrons. The van der Waals surface area contributed by atoms with E-state index in [0.717, 1.165) is 22.3 Å². The van der Waals surface area contributed by atoms with Gasteiger partial charge in [0.15, 0.2) is 0 Å². The fourth-order valence-electron chi connectivity index (χ4n) is 4.04. The Bertz CT molecular complexity index is 766. The summed E-state index contributed by atoms with van der Waals surface area (Å²) in [5, 5.41) is 3.78. The van der Waals surface area contributed by atoms with Crippen molar-refractivity contribution in [1.29, 1.82) is 0 Å². The van der Waals surface area contributed by atoms with Gasteiger partial charge in [0.1, 0.15) is 5.75 Å². The third kappa shape index (κ3) is 2.38. The second-order valence-electron chi connectivity index (χ2n) is 6.40. The molecule has 2 nitrogen and oxygen atoms in total. The molecule has 1 N–H and O–H groups in total. The zero-order valence-corrected chi connectivity index (χ0v) is 14.9. The van der Waals surface area contributed by atoms with Gasteiger partial charge in [-0.25, -0.2) is 0 Å². The van der Waals surface area contributed by atoms with E-state index in [1.54, 1.807) is 7.11 Å². The second-order valence-corrected chi connectivity index (χ2v) is 7.32. The van der Waals surface area contributed by atoms with Gasteiger partial charge in [-0.3, -0.25) is 0 Å². The van der Waals surface area contributed by atoms with Gasteiger partial charge in [-0.1, -0.05) is 46.3 Å². The lowest BCUT2D eigenvalue weighted by atomic mass is 9.75.